The van der Waals surface area contributed by atoms with Gasteiger partial charge in [0.05, 0.1) is 18.1 Å². The van der Waals surface area contributed by atoms with Gasteiger partial charge in [0.15, 0.2) is 5.82 Å². The van der Waals surface area contributed by atoms with E-state index in [0.29, 0.717) is 17.9 Å². The van der Waals surface area contributed by atoms with Gasteiger partial charge < -0.3 is 5.32 Å². The Morgan fingerprint density at radius 1 is 1.04 bits per heavy atom. The lowest BCUT2D eigenvalue weighted by Crippen LogP contribution is -2.12. The molecule has 0 saturated carbocycles. The number of aryl methyl sites for hydroxylation is 1. The van der Waals surface area contributed by atoms with Gasteiger partial charge >= 0.3 is 0 Å². The number of carbonyl (C=O) groups is 1. The average molecular weight is 323 g/mol. The molecule has 116 valence electrons. The molecule has 0 unspecified atom stereocenters. The van der Waals surface area contributed by atoms with Crippen LogP contribution in [0.3, 0.4) is 0 Å². The van der Waals surface area contributed by atoms with Crippen molar-refractivity contribution in [3.8, 4) is 11.4 Å². The first-order chi connectivity index (χ1) is 11.3. The number of carbonyl (C=O) groups excluding carboxylic acids is 1. The molecule has 2 aromatic heterocycles. The Balaban J connectivity index is 1.50. The second kappa shape index (κ2) is 7.65. The van der Waals surface area contributed by atoms with Crippen LogP contribution in [0.1, 0.15) is 17.7 Å². The van der Waals surface area contributed by atoms with E-state index in [-0.39, 0.29) is 5.91 Å². The minimum atomic E-state index is -0.00221. The Labute approximate surface area is 139 Å². The van der Waals surface area contributed by atoms with Gasteiger partial charge in [-0.05, 0) is 24.3 Å². The van der Waals surface area contributed by atoms with Gasteiger partial charge in [-0.2, -0.15) is 0 Å². The van der Waals surface area contributed by atoms with E-state index in [1.165, 1.54) is 4.88 Å². The molecule has 0 saturated heterocycles. The van der Waals surface area contributed by atoms with Gasteiger partial charge in [0.2, 0.25) is 5.91 Å². The molecule has 1 aromatic carbocycles. The van der Waals surface area contributed by atoms with Gasteiger partial charge in [-0.1, -0.05) is 36.4 Å². The average Bonchev–Trinajstić information content (AvgIpc) is 3.10. The summed E-state index contributed by atoms with van der Waals surface area (Å²) in [6, 6.07) is 13.9. The molecule has 1 N–H and O–H groups in total. The van der Waals surface area contributed by atoms with Gasteiger partial charge in [0, 0.05) is 16.9 Å². The maximum absolute atomic E-state index is 11.9. The first-order valence-electron chi connectivity index (χ1n) is 7.51. The molecule has 5 heteroatoms. The predicted octanol–water partition coefficient (Wildman–Crippen LogP) is 4.17. The molecule has 4 nitrogen and oxygen atoms in total. The first kappa shape index (κ1) is 15.4. The maximum Gasteiger partial charge on any atom is 0.224 e. The molecule has 23 heavy (non-hydrogen) atoms. The summed E-state index contributed by atoms with van der Waals surface area (Å²) in [6.07, 6.45) is 5.57. The number of hydrogen-bond donors (Lipinski definition) is 1. The van der Waals surface area contributed by atoms with E-state index in [2.05, 4.69) is 26.7 Å². The smallest absolute Gasteiger partial charge is 0.224 e. The van der Waals surface area contributed by atoms with Crippen LogP contribution in [0.2, 0.25) is 0 Å². The summed E-state index contributed by atoms with van der Waals surface area (Å²) in [5.41, 5.74) is 1.59. The molecule has 2 heterocycles. The van der Waals surface area contributed by atoms with Crippen LogP contribution >= 0.6 is 11.3 Å². The van der Waals surface area contributed by atoms with Crippen LogP contribution in [0.4, 0.5) is 5.69 Å². The third kappa shape index (κ3) is 4.47. The number of amides is 1. The lowest BCUT2D eigenvalue weighted by atomic mass is 10.2. The summed E-state index contributed by atoms with van der Waals surface area (Å²) < 4.78 is 0. The van der Waals surface area contributed by atoms with Gasteiger partial charge in [-0.25, -0.2) is 9.97 Å². The molecule has 0 spiro atoms. The molecular formula is C18H17N3OS. The molecule has 0 aliphatic carbocycles. The molecule has 0 atom stereocenters. The van der Waals surface area contributed by atoms with Crippen molar-refractivity contribution in [3.05, 3.63) is 65.1 Å². The number of hydrogen-bond acceptors (Lipinski definition) is 4. The second-order valence-electron chi connectivity index (χ2n) is 5.14. The van der Waals surface area contributed by atoms with Crippen LogP contribution < -0.4 is 5.32 Å². The van der Waals surface area contributed by atoms with E-state index in [9.17, 15) is 4.79 Å². The number of nitrogens with one attached hydrogen (secondary N) is 1. The maximum atomic E-state index is 11.9. The van der Waals surface area contributed by atoms with E-state index in [1.54, 1.807) is 23.7 Å². The molecule has 0 aliphatic heterocycles. The Bertz CT molecular complexity index is 740. The van der Waals surface area contributed by atoms with Crippen molar-refractivity contribution in [2.75, 3.05) is 5.32 Å². The zero-order chi connectivity index (χ0) is 15.9. The topological polar surface area (TPSA) is 54.9 Å². The minimum absolute atomic E-state index is 0.00221. The quantitative estimate of drug-likeness (QED) is 0.741. The highest BCUT2D eigenvalue weighted by Crippen LogP contribution is 2.15. The van der Waals surface area contributed by atoms with Gasteiger partial charge in [-0.3, -0.25) is 4.79 Å². The zero-order valence-electron chi connectivity index (χ0n) is 12.6. The molecule has 0 radical (unpaired) electrons. The largest absolute Gasteiger partial charge is 0.323 e. The van der Waals surface area contributed by atoms with Crippen LogP contribution in [0.5, 0.6) is 0 Å². The van der Waals surface area contributed by atoms with Crippen LogP contribution in [0.15, 0.2) is 60.2 Å². The predicted molar refractivity (Wildman–Crippen MR) is 93.4 cm³/mol. The Kier molecular flexibility index (Phi) is 5.11. The molecule has 3 aromatic rings. The van der Waals surface area contributed by atoms with Crippen molar-refractivity contribution in [1.82, 2.24) is 9.97 Å². The van der Waals surface area contributed by atoms with Crippen LogP contribution in [-0.2, 0) is 11.2 Å². The van der Waals surface area contributed by atoms with E-state index in [4.69, 9.17) is 0 Å². The molecule has 0 aliphatic rings. The standard InChI is InChI=1S/C18H17N3OS/c22-17(10-4-8-16-9-5-11-23-16)21-15-12-19-18(20-13-15)14-6-2-1-3-7-14/h1-3,5-7,9,11-13H,4,8,10H2,(H,21,22). The number of thiophene rings is 1. The monoisotopic (exact) mass is 323 g/mol. The fourth-order valence-corrected chi connectivity index (χ4v) is 2.98. The van der Waals surface area contributed by atoms with Crippen molar-refractivity contribution in [2.24, 2.45) is 0 Å². The first-order valence-corrected chi connectivity index (χ1v) is 8.39. The summed E-state index contributed by atoms with van der Waals surface area (Å²) in [4.78, 5) is 21.8. The molecule has 0 bridgehead atoms. The Morgan fingerprint density at radius 3 is 2.52 bits per heavy atom. The van der Waals surface area contributed by atoms with Crippen molar-refractivity contribution in [2.45, 2.75) is 19.3 Å². The Hall–Kier alpha value is -2.53. The number of anilines is 1. The second-order valence-corrected chi connectivity index (χ2v) is 6.17. The molecule has 1 amide bonds. The van der Waals surface area contributed by atoms with Crippen LogP contribution in [-0.4, -0.2) is 15.9 Å². The van der Waals surface area contributed by atoms with Crippen LogP contribution in [0, 0.1) is 0 Å². The van der Waals surface area contributed by atoms with Crippen molar-refractivity contribution < 1.29 is 4.79 Å². The highest BCUT2D eigenvalue weighted by molar-refractivity contribution is 7.09. The fourth-order valence-electron chi connectivity index (χ4n) is 2.23. The van der Waals surface area contributed by atoms with Gasteiger partial charge in [-0.15, -0.1) is 11.3 Å². The van der Waals surface area contributed by atoms with E-state index in [1.807, 2.05) is 36.4 Å². The summed E-state index contributed by atoms with van der Waals surface area (Å²) >= 11 is 1.73. The number of nitrogens with zero attached hydrogens (tertiary/aromatic N) is 2. The normalized spacial score (nSPS) is 10.4. The molecular weight excluding hydrogens is 306 g/mol. The number of benzene rings is 1. The number of rotatable bonds is 6. The summed E-state index contributed by atoms with van der Waals surface area (Å²) in [5.74, 6) is 0.652. The van der Waals surface area contributed by atoms with Crippen LogP contribution in [0.25, 0.3) is 11.4 Å². The molecule has 0 fully saturated rings. The molecule has 3 rings (SSSR count). The van der Waals surface area contributed by atoms with E-state index >= 15 is 0 Å². The summed E-state index contributed by atoms with van der Waals surface area (Å²) in [7, 11) is 0. The lowest BCUT2D eigenvalue weighted by Gasteiger charge is -2.05. The summed E-state index contributed by atoms with van der Waals surface area (Å²) in [5, 5.41) is 4.90. The fraction of sp³-hybridized carbons (Fsp3) is 0.167. The summed E-state index contributed by atoms with van der Waals surface area (Å²) in [6.45, 7) is 0. The van der Waals surface area contributed by atoms with E-state index < -0.39 is 0 Å². The number of aromatic nitrogens is 2. The SMILES string of the molecule is O=C(CCCc1cccs1)Nc1cnc(-c2ccccc2)nc1. The van der Waals surface area contributed by atoms with Gasteiger partial charge in [0.25, 0.3) is 0 Å². The Morgan fingerprint density at radius 2 is 1.83 bits per heavy atom. The highest BCUT2D eigenvalue weighted by atomic mass is 32.1. The third-order valence-corrected chi connectivity index (χ3v) is 4.31. The van der Waals surface area contributed by atoms with Crippen molar-refractivity contribution in [1.29, 1.82) is 0 Å². The minimum Gasteiger partial charge on any atom is -0.323 e. The third-order valence-electron chi connectivity index (χ3n) is 3.37. The lowest BCUT2D eigenvalue weighted by molar-refractivity contribution is -0.116. The highest BCUT2D eigenvalue weighted by Gasteiger charge is 2.05. The zero-order valence-corrected chi connectivity index (χ0v) is 13.4. The van der Waals surface area contributed by atoms with E-state index in [0.717, 1.165) is 18.4 Å². The van der Waals surface area contributed by atoms with Gasteiger partial charge in [0.1, 0.15) is 0 Å². The van der Waals surface area contributed by atoms with Crippen molar-refractivity contribution >= 4 is 22.9 Å². The van der Waals surface area contributed by atoms with Crippen molar-refractivity contribution in [3.63, 3.8) is 0 Å².